The molecule has 0 radical (unpaired) electrons. The molecule has 2 unspecified atom stereocenters. The van der Waals surface area contributed by atoms with Gasteiger partial charge in [-0.25, -0.2) is 15.0 Å². The van der Waals surface area contributed by atoms with Gasteiger partial charge in [-0.3, -0.25) is 9.59 Å². The second-order valence-corrected chi connectivity index (χ2v) is 10.6. The molecule has 0 spiro atoms. The summed E-state index contributed by atoms with van der Waals surface area (Å²) in [5.41, 5.74) is 2.33. The first-order valence-corrected chi connectivity index (χ1v) is 13.0. The van der Waals surface area contributed by atoms with E-state index in [1.165, 1.54) is 0 Å². The fourth-order valence-corrected chi connectivity index (χ4v) is 5.27. The van der Waals surface area contributed by atoms with E-state index in [1.807, 2.05) is 12.1 Å². The summed E-state index contributed by atoms with van der Waals surface area (Å²) in [5, 5.41) is 19.0. The highest BCUT2D eigenvalue weighted by Crippen LogP contribution is 2.35. The summed E-state index contributed by atoms with van der Waals surface area (Å²) in [7, 11) is 0. The summed E-state index contributed by atoms with van der Waals surface area (Å²) in [6.07, 6.45) is 6.11. The van der Waals surface area contributed by atoms with Gasteiger partial charge in [-0.15, -0.1) is 0 Å². The number of amides is 2. The standard InChI is InChI=1S/C28H28N8O3/c1-28(2)26(38)35-24-23(39-28)11-18(13-31-24)21-8-9-30-27(34-21)33-19-6-7-22(17(10-19)12-29)36-14-16-4-3-5-20(15-36)32-25(16)37/h6-11,13,16,20H,3-5,14-15H2,1-2H3,(H,32,37)(H,30,33,34)(H,31,35,38). The van der Waals surface area contributed by atoms with Crippen LogP contribution in [0, 0.1) is 17.2 Å². The fraction of sp³-hybridized carbons (Fsp3) is 0.357. The molecule has 3 aliphatic rings. The highest BCUT2D eigenvalue weighted by Gasteiger charge is 2.36. The molecule has 3 aliphatic heterocycles. The first-order valence-electron chi connectivity index (χ1n) is 13.0. The Morgan fingerprint density at radius 2 is 2.03 bits per heavy atom. The number of ether oxygens (including phenoxy) is 1. The lowest BCUT2D eigenvalue weighted by Crippen LogP contribution is -2.45. The second-order valence-electron chi connectivity index (χ2n) is 10.6. The molecule has 198 valence electrons. The Hall–Kier alpha value is -4.72. The number of aromatic nitrogens is 3. The van der Waals surface area contributed by atoms with Crippen LogP contribution in [0.4, 0.5) is 23.1 Å². The van der Waals surface area contributed by atoms with E-state index < -0.39 is 5.60 Å². The number of rotatable bonds is 4. The fourth-order valence-electron chi connectivity index (χ4n) is 5.27. The summed E-state index contributed by atoms with van der Waals surface area (Å²) in [5.74, 6) is 0.986. The van der Waals surface area contributed by atoms with E-state index in [-0.39, 0.29) is 23.8 Å². The van der Waals surface area contributed by atoms with Gasteiger partial charge in [-0.1, -0.05) is 6.42 Å². The maximum absolute atomic E-state index is 12.5. The molecule has 11 nitrogen and oxygen atoms in total. The summed E-state index contributed by atoms with van der Waals surface area (Å²) in [6, 6.07) is 11.5. The molecule has 3 N–H and O–H groups in total. The van der Waals surface area contributed by atoms with Gasteiger partial charge in [0.25, 0.3) is 5.91 Å². The lowest BCUT2D eigenvalue weighted by Gasteiger charge is -2.30. The molecule has 2 atom stereocenters. The van der Waals surface area contributed by atoms with E-state index in [1.54, 1.807) is 44.4 Å². The Labute approximate surface area is 225 Å². The lowest BCUT2D eigenvalue weighted by molar-refractivity contribution is -0.129. The number of nitrogens with zero attached hydrogens (tertiary/aromatic N) is 5. The molecule has 39 heavy (non-hydrogen) atoms. The zero-order chi connectivity index (χ0) is 27.1. The molecule has 1 aromatic carbocycles. The van der Waals surface area contributed by atoms with Crippen molar-refractivity contribution in [2.75, 3.05) is 28.6 Å². The van der Waals surface area contributed by atoms with Crippen molar-refractivity contribution in [2.24, 2.45) is 5.92 Å². The normalized spacial score (nSPS) is 21.4. The molecular weight excluding hydrogens is 496 g/mol. The van der Waals surface area contributed by atoms with Gasteiger partial charge in [0.15, 0.2) is 17.2 Å². The van der Waals surface area contributed by atoms with Gasteiger partial charge in [0, 0.05) is 42.8 Å². The van der Waals surface area contributed by atoms with Crippen molar-refractivity contribution in [3.8, 4) is 23.1 Å². The molecule has 3 aromatic rings. The van der Waals surface area contributed by atoms with Crippen LogP contribution < -0.4 is 25.6 Å². The van der Waals surface area contributed by atoms with E-state index in [4.69, 9.17) is 4.74 Å². The third-order valence-corrected chi connectivity index (χ3v) is 7.37. The third-order valence-electron chi connectivity index (χ3n) is 7.37. The van der Waals surface area contributed by atoms with Crippen LogP contribution in [0.15, 0.2) is 42.7 Å². The summed E-state index contributed by atoms with van der Waals surface area (Å²) in [4.78, 5) is 40.1. The Bertz CT molecular complexity index is 1510. The predicted octanol–water partition coefficient (Wildman–Crippen LogP) is 3.37. The van der Waals surface area contributed by atoms with Crippen molar-refractivity contribution < 1.29 is 14.3 Å². The smallest absolute Gasteiger partial charge is 0.269 e. The molecule has 2 bridgehead atoms. The summed E-state index contributed by atoms with van der Waals surface area (Å²) < 4.78 is 5.85. The van der Waals surface area contributed by atoms with E-state index in [0.29, 0.717) is 53.1 Å². The van der Waals surface area contributed by atoms with Crippen LogP contribution in [-0.2, 0) is 9.59 Å². The maximum Gasteiger partial charge on any atom is 0.269 e. The molecule has 11 heteroatoms. The van der Waals surface area contributed by atoms with E-state index in [0.717, 1.165) is 24.9 Å². The number of carbonyl (C=O) groups excluding carboxylic acids is 2. The maximum atomic E-state index is 12.5. The van der Waals surface area contributed by atoms with Crippen LogP contribution in [0.1, 0.15) is 38.7 Å². The molecule has 0 aliphatic carbocycles. The van der Waals surface area contributed by atoms with Crippen molar-refractivity contribution in [2.45, 2.75) is 44.8 Å². The summed E-state index contributed by atoms with van der Waals surface area (Å²) >= 11 is 0. The second kappa shape index (κ2) is 9.54. The van der Waals surface area contributed by atoms with Crippen LogP contribution in [0.5, 0.6) is 5.75 Å². The van der Waals surface area contributed by atoms with Crippen molar-refractivity contribution in [3.63, 3.8) is 0 Å². The monoisotopic (exact) mass is 524 g/mol. The number of pyridine rings is 1. The topological polar surface area (TPSA) is 145 Å². The zero-order valence-corrected chi connectivity index (χ0v) is 21.7. The minimum Gasteiger partial charge on any atom is -0.474 e. The van der Waals surface area contributed by atoms with Crippen molar-refractivity contribution >= 4 is 35.0 Å². The number of fused-ring (bicyclic) bond motifs is 4. The first-order chi connectivity index (χ1) is 18.8. The Morgan fingerprint density at radius 3 is 2.87 bits per heavy atom. The van der Waals surface area contributed by atoms with Crippen LogP contribution in [0.3, 0.4) is 0 Å². The number of nitrogens with one attached hydrogen (secondary N) is 3. The summed E-state index contributed by atoms with van der Waals surface area (Å²) in [6.45, 7) is 4.68. The Morgan fingerprint density at radius 1 is 1.15 bits per heavy atom. The largest absolute Gasteiger partial charge is 0.474 e. The molecular formula is C28H28N8O3. The molecule has 2 saturated heterocycles. The Kier molecular flexibility index (Phi) is 6.02. The van der Waals surface area contributed by atoms with Gasteiger partial charge in [0.05, 0.1) is 22.9 Å². The van der Waals surface area contributed by atoms with Crippen molar-refractivity contribution in [3.05, 3.63) is 48.3 Å². The SMILES string of the molecule is CC1(C)Oc2cc(-c3ccnc(Nc4ccc(N5CC6CCCC(C5)C(=O)N6)c(C#N)c4)n3)cnc2NC1=O. The van der Waals surface area contributed by atoms with Crippen LogP contribution in [0.25, 0.3) is 11.3 Å². The van der Waals surface area contributed by atoms with Gasteiger partial charge < -0.3 is 25.6 Å². The van der Waals surface area contributed by atoms with Gasteiger partial charge in [0.2, 0.25) is 11.9 Å². The molecule has 5 heterocycles. The molecule has 0 saturated carbocycles. The number of nitriles is 1. The predicted molar refractivity (Wildman–Crippen MR) is 145 cm³/mol. The number of hydrogen-bond acceptors (Lipinski definition) is 9. The van der Waals surface area contributed by atoms with Crippen molar-refractivity contribution in [1.29, 1.82) is 5.26 Å². The zero-order valence-electron chi connectivity index (χ0n) is 21.7. The van der Waals surface area contributed by atoms with Gasteiger partial charge >= 0.3 is 0 Å². The highest BCUT2D eigenvalue weighted by atomic mass is 16.5. The van der Waals surface area contributed by atoms with Crippen molar-refractivity contribution in [1.82, 2.24) is 20.3 Å². The van der Waals surface area contributed by atoms with Gasteiger partial charge in [-0.2, -0.15) is 5.26 Å². The highest BCUT2D eigenvalue weighted by molar-refractivity contribution is 5.99. The average Bonchev–Trinajstić information content (AvgIpc) is 3.17. The first kappa shape index (κ1) is 24.6. The lowest BCUT2D eigenvalue weighted by atomic mass is 9.98. The Balaban J connectivity index is 1.23. The minimum absolute atomic E-state index is 0.0659. The number of carbonyl (C=O) groups is 2. The number of anilines is 4. The molecule has 2 fully saturated rings. The van der Waals surface area contributed by atoms with E-state index >= 15 is 0 Å². The third kappa shape index (κ3) is 4.81. The quantitative estimate of drug-likeness (QED) is 0.468. The molecule has 6 rings (SSSR count). The minimum atomic E-state index is -1.01. The van der Waals surface area contributed by atoms with E-state index in [2.05, 4.69) is 41.9 Å². The van der Waals surface area contributed by atoms with Crippen LogP contribution in [-0.4, -0.2) is 51.5 Å². The van der Waals surface area contributed by atoms with Crippen LogP contribution >= 0.6 is 0 Å². The number of benzene rings is 1. The van der Waals surface area contributed by atoms with E-state index in [9.17, 15) is 14.9 Å². The molecule has 2 aromatic heterocycles. The van der Waals surface area contributed by atoms with Gasteiger partial charge in [-0.05, 0) is 57.0 Å². The van der Waals surface area contributed by atoms with Gasteiger partial charge in [0.1, 0.15) is 6.07 Å². The number of hydrogen-bond donors (Lipinski definition) is 3. The van der Waals surface area contributed by atoms with Crippen LogP contribution in [0.2, 0.25) is 0 Å². The average molecular weight is 525 g/mol. The molecule has 2 amide bonds.